The van der Waals surface area contributed by atoms with Gasteiger partial charge < -0.3 is 0 Å². The van der Waals surface area contributed by atoms with Crippen LogP contribution in [-0.2, 0) is 0 Å². The maximum Gasteiger partial charge on any atom is 0.0208 e. The van der Waals surface area contributed by atoms with Gasteiger partial charge in [-0.15, -0.1) is 0 Å². The zero-order chi connectivity index (χ0) is 27.1. The Balaban J connectivity index is 1.26. The van der Waals surface area contributed by atoms with Gasteiger partial charge in [-0.25, -0.2) is 0 Å². The zero-order valence-electron chi connectivity index (χ0n) is 23.1. The van der Waals surface area contributed by atoms with E-state index >= 15 is 0 Å². The summed E-state index contributed by atoms with van der Waals surface area (Å²) >= 11 is 3.84. The van der Waals surface area contributed by atoms with Gasteiger partial charge in [-0.05, 0) is 96.5 Å². The second-order valence-electron chi connectivity index (χ2n) is 11.4. The lowest BCUT2D eigenvalue weighted by Gasteiger charge is -2.27. The van der Waals surface area contributed by atoms with E-state index in [0.717, 1.165) is 0 Å². The summed E-state index contributed by atoms with van der Waals surface area (Å²) in [6.07, 6.45) is 0. The lowest BCUT2D eigenvalue weighted by molar-refractivity contribution is 1.33. The molecule has 0 atom stereocenters. The van der Waals surface area contributed by atoms with Crippen LogP contribution in [0.25, 0.3) is 55.3 Å². The molecule has 0 aromatic heterocycles. The minimum absolute atomic E-state index is 1.29. The summed E-state index contributed by atoms with van der Waals surface area (Å²) in [5.41, 5.74) is 15.8. The van der Waals surface area contributed by atoms with Crippen LogP contribution in [0.5, 0.6) is 0 Å². The van der Waals surface area contributed by atoms with Crippen molar-refractivity contribution in [2.24, 2.45) is 0 Å². The third kappa shape index (κ3) is 3.78. The van der Waals surface area contributed by atoms with E-state index in [4.69, 9.17) is 0 Å². The molecule has 0 saturated heterocycles. The first-order chi connectivity index (χ1) is 19.4. The third-order valence-electron chi connectivity index (χ3n) is 8.18. The molecule has 0 spiro atoms. The molecule has 2 aliphatic heterocycles. The van der Waals surface area contributed by atoms with E-state index in [1.165, 1.54) is 97.1 Å². The predicted molar refractivity (Wildman–Crippen MR) is 173 cm³/mol. The quantitative estimate of drug-likeness (QED) is 0.211. The van der Waals surface area contributed by atoms with Crippen molar-refractivity contribution in [1.29, 1.82) is 0 Å². The van der Waals surface area contributed by atoms with Crippen molar-refractivity contribution in [2.75, 3.05) is 0 Å². The normalized spacial score (nSPS) is 12.8. The van der Waals surface area contributed by atoms with Crippen molar-refractivity contribution < 1.29 is 0 Å². The van der Waals surface area contributed by atoms with Crippen LogP contribution in [0.2, 0.25) is 0 Å². The average Bonchev–Trinajstić information content (AvgIpc) is 2.93. The fourth-order valence-electron chi connectivity index (χ4n) is 6.59. The topological polar surface area (TPSA) is 0 Å². The van der Waals surface area contributed by atoms with E-state index in [-0.39, 0.29) is 0 Å². The molecule has 0 N–H and O–H groups in total. The Morgan fingerprint density at radius 1 is 0.325 bits per heavy atom. The maximum absolute atomic E-state index is 2.38. The lowest BCUT2D eigenvalue weighted by atomic mass is 9.89. The van der Waals surface area contributed by atoms with Gasteiger partial charge in [0.05, 0.1) is 0 Å². The van der Waals surface area contributed by atoms with E-state index in [1.807, 2.05) is 23.5 Å². The predicted octanol–water partition coefficient (Wildman–Crippen LogP) is 11.7. The Labute approximate surface area is 244 Å². The molecule has 2 heterocycles. The number of fused-ring (bicyclic) bond motifs is 4. The van der Waals surface area contributed by atoms with E-state index in [9.17, 15) is 0 Å². The number of hydrogen-bond donors (Lipinski definition) is 0. The van der Waals surface area contributed by atoms with Crippen LogP contribution in [-0.4, -0.2) is 0 Å². The molecular formula is C38H28S2. The Bertz CT molecular complexity index is 1860. The minimum atomic E-state index is 1.29. The number of hydrogen-bond acceptors (Lipinski definition) is 2. The van der Waals surface area contributed by atoms with Gasteiger partial charge in [0.25, 0.3) is 0 Å². The molecule has 0 saturated carbocycles. The summed E-state index contributed by atoms with van der Waals surface area (Å²) in [6, 6.07) is 37.1. The molecule has 0 nitrogen and oxygen atoms in total. The molecule has 8 rings (SSSR count). The second kappa shape index (κ2) is 8.89. The monoisotopic (exact) mass is 548 g/mol. The van der Waals surface area contributed by atoms with E-state index in [0.29, 0.717) is 0 Å². The van der Waals surface area contributed by atoms with Crippen LogP contribution in [0.1, 0.15) is 22.3 Å². The highest BCUT2D eigenvalue weighted by atomic mass is 32.2. The highest BCUT2D eigenvalue weighted by Gasteiger charge is 2.27. The molecule has 192 valence electrons. The Morgan fingerprint density at radius 2 is 0.700 bits per heavy atom. The summed E-state index contributed by atoms with van der Waals surface area (Å²) in [4.78, 5) is 5.40. The van der Waals surface area contributed by atoms with E-state index in [2.05, 4.69) is 125 Å². The number of aryl methyl sites for hydroxylation is 4. The van der Waals surface area contributed by atoms with Gasteiger partial charge in [-0.1, -0.05) is 119 Å². The van der Waals surface area contributed by atoms with Crippen molar-refractivity contribution >= 4 is 34.3 Å². The van der Waals surface area contributed by atoms with Gasteiger partial charge >= 0.3 is 0 Å². The molecule has 6 aromatic rings. The maximum atomic E-state index is 2.38. The Morgan fingerprint density at radius 3 is 1.10 bits per heavy atom. The van der Waals surface area contributed by atoms with Gasteiger partial charge in [-0.2, -0.15) is 0 Å². The molecule has 40 heavy (non-hydrogen) atoms. The standard InChI is InChI=1S/C38H28S2/c1-21-13-22(2)16-27(15-21)25-5-7-29-31-9-10-32-30-8-6-26(28-17-23(3)14-24(4)18-28)20-36(30)40-34-12-11-33(37(31)38(32)34)39-35(29)19-25/h5-20H,1-4H3. The molecular weight excluding hydrogens is 521 g/mol. The molecule has 2 heteroatoms. The van der Waals surface area contributed by atoms with Crippen LogP contribution in [0.15, 0.2) is 117 Å². The minimum Gasteiger partial charge on any atom is -0.0887 e. The summed E-state index contributed by atoms with van der Waals surface area (Å²) in [7, 11) is 0. The van der Waals surface area contributed by atoms with Crippen LogP contribution in [0, 0.1) is 27.7 Å². The number of rotatable bonds is 2. The van der Waals surface area contributed by atoms with Crippen molar-refractivity contribution in [2.45, 2.75) is 47.3 Å². The molecule has 2 aliphatic rings. The van der Waals surface area contributed by atoms with Crippen LogP contribution in [0.4, 0.5) is 0 Å². The Hall–Kier alpha value is -3.72. The summed E-state index contributed by atoms with van der Waals surface area (Å²) in [5.74, 6) is 0. The van der Waals surface area contributed by atoms with Gasteiger partial charge in [-0.3, -0.25) is 0 Å². The first-order valence-electron chi connectivity index (χ1n) is 13.8. The summed E-state index contributed by atoms with van der Waals surface area (Å²) in [5, 5.41) is 2.81. The summed E-state index contributed by atoms with van der Waals surface area (Å²) < 4.78 is 0. The van der Waals surface area contributed by atoms with Gasteiger partial charge in [0.2, 0.25) is 0 Å². The van der Waals surface area contributed by atoms with Crippen molar-refractivity contribution in [1.82, 2.24) is 0 Å². The summed E-state index contributed by atoms with van der Waals surface area (Å²) in [6.45, 7) is 8.72. The van der Waals surface area contributed by atoms with E-state index in [1.54, 1.807) is 0 Å². The molecule has 0 fully saturated rings. The number of benzene rings is 6. The van der Waals surface area contributed by atoms with Crippen LogP contribution >= 0.6 is 23.5 Å². The molecule has 0 aliphatic carbocycles. The highest BCUT2D eigenvalue weighted by Crippen LogP contribution is 2.56. The van der Waals surface area contributed by atoms with Crippen molar-refractivity contribution in [3.63, 3.8) is 0 Å². The van der Waals surface area contributed by atoms with Crippen molar-refractivity contribution in [3.05, 3.63) is 119 Å². The van der Waals surface area contributed by atoms with Gasteiger partial charge in [0, 0.05) is 30.4 Å². The largest absolute Gasteiger partial charge is 0.0887 e. The molecule has 0 amide bonds. The molecule has 6 aromatic carbocycles. The van der Waals surface area contributed by atoms with Crippen LogP contribution in [0.3, 0.4) is 0 Å². The third-order valence-corrected chi connectivity index (χ3v) is 10.4. The second-order valence-corrected chi connectivity index (χ2v) is 13.5. The molecule has 0 unspecified atom stereocenters. The Kier molecular flexibility index (Phi) is 5.36. The fraction of sp³-hybridized carbons (Fsp3) is 0.105. The van der Waals surface area contributed by atoms with Crippen molar-refractivity contribution in [3.8, 4) is 44.5 Å². The van der Waals surface area contributed by atoms with E-state index < -0.39 is 0 Å². The molecule has 0 bridgehead atoms. The fourth-order valence-corrected chi connectivity index (χ4v) is 8.91. The first kappa shape index (κ1) is 24.1. The van der Waals surface area contributed by atoms with Gasteiger partial charge in [0.1, 0.15) is 0 Å². The lowest BCUT2D eigenvalue weighted by Crippen LogP contribution is -1.99. The van der Waals surface area contributed by atoms with Crippen LogP contribution < -0.4 is 0 Å². The zero-order valence-corrected chi connectivity index (χ0v) is 24.7. The smallest absolute Gasteiger partial charge is 0.0208 e. The SMILES string of the molecule is Cc1cc(C)cc(-c2ccc3c(c2)Sc2ccc4c5c(ccc-3c25)-c2ccc(-c3cc(C)cc(C)c3)cc2S4)c1. The molecule has 0 radical (unpaired) electrons. The highest BCUT2D eigenvalue weighted by molar-refractivity contribution is 8.00. The van der Waals surface area contributed by atoms with Gasteiger partial charge in [0.15, 0.2) is 0 Å². The first-order valence-corrected chi connectivity index (χ1v) is 15.5. The average molecular weight is 549 g/mol.